The number of hydrogen-bond donors (Lipinski definition) is 1. The fraction of sp³-hybridized carbons (Fsp3) is 0.333. The standard InChI is InChI=1S/C18H21N3O4S/c1-13-3-5-16(6-4-13)26(24,25)21-9-7-20(8-10-21)18(23)17-11-15(12-19-17)14(2)22/h3-6,11-12,19H,7-10H2,1-2H3. The van der Waals surface area contributed by atoms with Crippen LogP contribution in [0.4, 0.5) is 0 Å². The van der Waals surface area contributed by atoms with Crippen molar-refractivity contribution in [3.63, 3.8) is 0 Å². The first-order valence-electron chi connectivity index (χ1n) is 8.34. The summed E-state index contributed by atoms with van der Waals surface area (Å²) in [6.45, 7) is 4.42. The van der Waals surface area contributed by atoms with Crippen LogP contribution in [-0.2, 0) is 10.0 Å². The Morgan fingerprint density at radius 3 is 2.19 bits per heavy atom. The van der Waals surface area contributed by atoms with Gasteiger partial charge in [0, 0.05) is 37.9 Å². The molecular weight excluding hydrogens is 354 g/mol. The number of aryl methyl sites for hydroxylation is 1. The number of benzene rings is 1. The number of aromatic amines is 1. The maximum absolute atomic E-state index is 12.7. The maximum Gasteiger partial charge on any atom is 0.270 e. The number of H-pyrrole nitrogens is 1. The third kappa shape index (κ3) is 3.56. The number of Topliss-reactive ketones (excluding diaryl/α,β-unsaturated/α-hetero) is 1. The molecule has 1 saturated heterocycles. The molecule has 1 aliphatic heterocycles. The van der Waals surface area contributed by atoms with Gasteiger partial charge in [-0.2, -0.15) is 4.31 Å². The number of nitrogens with one attached hydrogen (secondary N) is 1. The van der Waals surface area contributed by atoms with E-state index in [1.165, 1.54) is 23.5 Å². The lowest BCUT2D eigenvalue weighted by Crippen LogP contribution is -2.50. The molecule has 2 heterocycles. The van der Waals surface area contributed by atoms with E-state index in [2.05, 4.69) is 4.98 Å². The van der Waals surface area contributed by atoms with E-state index in [-0.39, 0.29) is 29.7 Å². The lowest BCUT2D eigenvalue weighted by atomic mass is 10.2. The summed E-state index contributed by atoms with van der Waals surface area (Å²) in [4.78, 5) is 28.5. The molecular formula is C18H21N3O4S. The second-order valence-corrected chi connectivity index (χ2v) is 8.31. The molecule has 1 amide bonds. The summed E-state index contributed by atoms with van der Waals surface area (Å²) in [6.07, 6.45) is 1.51. The van der Waals surface area contributed by atoms with E-state index in [1.54, 1.807) is 29.2 Å². The Kier molecular flexibility index (Phi) is 4.97. The Morgan fingerprint density at radius 2 is 1.65 bits per heavy atom. The highest BCUT2D eigenvalue weighted by Crippen LogP contribution is 2.19. The molecule has 1 aromatic carbocycles. The predicted molar refractivity (Wildman–Crippen MR) is 96.6 cm³/mol. The second-order valence-electron chi connectivity index (χ2n) is 6.37. The van der Waals surface area contributed by atoms with Gasteiger partial charge in [-0.15, -0.1) is 0 Å². The molecule has 3 rings (SSSR count). The number of nitrogens with zero attached hydrogens (tertiary/aromatic N) is 2. The number of carbonyl (C=O) groups is 2. The molecule has 1 N–H and O–H groups in total. The van der Waals surface area contributed by atoms with Crippen LogP contribution < -0.4 is 0 Å². The van der Waals surface area contributed by atoms with E-state index in [9.17, 15) is 18.0 Å². The van der Waals surface area contributed by atoms with Gasteiger partial charge in [-0.3, -0.25) is 9.59 Å². The molecule has 0 atom stereocenters. The smallest absolute Gasteiger partial charge is 0.270 e. The first-order valence-corrected chi connectivity index (χ1v) is 9.78. The fourth-order valence-electron chi connectivity index (χ4n) is 2.88. The first-order chi connectivity index (χ1) is 12.3. The molecule has 0 saturated carbocycles. The van der Waals surface area contributed by atoms with E-state index >= 15 is 0 Å². The predicted octanol–water partition coefficient (Wildman–Crippen LogP) is 1.67. The van der Waals surface area contributed by atoms with Crippen LogP contribution in [0, 0.1) is 6.92 Å². The number of sulfonamides is 1. The Balaban J connectivity index is 1.67. The maximum atomic E-state index is 12.7. The molecule has 1 aromatic heterocycles. The normalized spacial score (nSPS) is 15.8. The van der Waals surface area contributed by atoms with E-state index in [4.69, 9.17) is 0 Å². The van der Waals surface area contributed by atoms with Gasteiger partial charge in [0.2, 0.25) is 10.0 Å². The Hall–Kier alpha value is -2.45. The molecule has 8 heteroatoms. The third-order valence-electron chi connectivity index (χ3n) is 4.50. The lowest BCUT2D eigenvalue weighted by Gasteiger charge is -2.33. The summed E-state index contributed by atoms with van der Waals surface area (Å²) in [5, 5.41) is 0. The van der Waals surface area contributed by atoms with Crippen LogP contribution >= 0.6 is 0 Å². The summed E-state index contributed by atoms with van der Waals surface area (Å²) in [5.41, 5.74) is 1.79. The van der Waals surface area contributed by atoms with Gasteiger partial charge in [0.15, 0.2) is 5.78 Å². The van der Waals surface area contributed by atoms with Crippen LogP contribution in [-0.4, -0.2) is 60.5 Å². The van der Waals surface area contributed by atoms with Crippen LogP contribution in [0.3, 0.4) is 0 Å². The van der Waals surface area contributed by atoms with Gasteiger partial charge in [-0.1, -0.05) is 17.7 Å². The number of aromatic nitrogens is 1. The molecule has 0 spiro atoms. The SMILES string of the molecule is CC(=O)c1c[nH]c(C(=O)N2CCN(S(=O)(=O)c3ccc(C)cc3)CC2)c1. The summed E-state index contributed by atoms with van der Waals surface area (Å²) in [7, 11) is -3.56. The van der Waals surface area contributed by atoms with Crippen molar-refractivity contribution in [2.45, 2.75) is 18.7 Å². The molecule has 1 fully saturated rings. The minimum absolute atomic E-state index is 0.116. The van der Waals surface area contributed by atoms with Gasteiger partial charge in [-0.05, 0) is 32.0 Å². The van der Waals surface area contributed by atoms with Crippen LogP contribution in [0.2, 0.25) is 0 Å². The number of ketones is 1. The molecule has 26 heavy (non-hydrogen) atoms. The number of rotatable bonds is 4. The van der Waals surface area contributed by atoms with Crippen molar-refractivity contribution in [1.29, 1.82) is 0 Å². The van der Waals surface area contributed by atoms with Gasteiger partial charge in [0.05, 0.1) is 4.90 Å². The molecule has 7 nitrogen and oxygen atoms in total. The van der Waals surface area contributed by atoms with E-state index in [0.717, 1.165) is 5.56 Å². The van der Waals surface area contributed by atoms with Crippen molar-refractivity contribution in [2.75, 3.05) is 26.2 Å². The van der Waals surface area contributed by atoms with Crippen molar-refractivity contribution < 1.29 is 18.0 Å². The number of carbonyl (C=O) groups excluding carboxylic acids is 2. The summed E-state index contributed by atoms with van der Waals surface area (Å²) >= 11 is 0. The zero-order valence-electron chi connectivity index (χ0n) is 14.7. The van der Waals surface area contributed by atoms with Crippen molar-refractivity contribution in [3.8, 4) is 0 Å². The highest BCUT2D eigenvalue weighted by atomic mass is 32.2. The van der Waals surface area contributed by atoms with E-state index in [1.807, 2.05) is 6.92 Å². The Morgan fingerprint density at radius 1 is 1.04 bits per heavy atom. The molecule has 2 aromatic rings. The summed E-state index contributed by atoms with van der Waals surface area (Å²) < 4.78 is 26.8. The van der Waals surface area contributed by atoms with Crippen LogP contribution in [0.1, 0.15) is 33.3 Å². The third-order valence-corrected chi connectivity index (χ3v) is 6.42. The van der Waals surface area contributed by atoms with Crippen LogP contribution in [0.5, 0.6) is 0 Å². The highest BCUT2D eigenvalue weighted by Gasteiger charge is 2.30. The molecule has 0 aliphatic carbocycles. The van der Waals surface area contributed by atoms with Gasteiger partial charge < -0.3 is 9.88 Å². The molecule has 0 unspecified atom stereocenters. The topological polar surface area (TPSA) is 90.6 Å². The molecule has 0 bridgehead atoms. The number of amides is 1. The monoisotopic (exact) mass is 375 g/mol. The summed E-state index contributed by atoms with van der Waals surface area (Å²) in [5.74, 6) is -0.348. The molecule has 138 valence electrons. The first kappa shape index (κ1) is 18.3. The number of hydrogen-bond acceptors (Lipinski definition) is 4. The molecule has 0 radical (unpaired) electrons. The molecule has 1 aliphatic rings. The second kappa shape index (κ2) is 7.05. The number of piperazine rings is 1. The van der Waals surface area contributed by atoms with E-state index < -0.39 is 10.0 Å². The zero-order chi connectivity index (χ0) is 18.9. The van der Waals surface area contributed by atoms with Gasteiger partial charge >= 0.3 is 0 Å². The van der Waals surface area contributed by atoms with Crippen LogP contribution in [0.25, 0.3) is 0 Å². The van der Waals surface area contributed by atoms with Crippen molar-refractivity contribution in [2.24, 2.45) is 0 Å². The van der Waals surface area contributed by atoms with Gasteiger partial charge in [0.1, 0.15) is 5.69 Å². The Labute approximate surface area is 152 Å². The van der Waals surface area contributed by atoms with Crippen LogP contribution in [0.15, 0.2) is 41.4 Å². The van der Waals surface area contributed by atoms with E-state index in [0.29, 0.717) is 24.3 Å². The lowest BCUT2D eigenvalue weighted by molar-refractivity contribution is 0.0692. The minimum atomic E-state index is -3.56. The minimum Gasteiger partial charge on any atom is -0.356 e. The van der Waals surface area contributed by atoms with Crippen molar-refractivity contribution in [1.82, 2.24) is 14.2 Å². The average molecular weight is 375 g/mol. The largest absolute Gasteiger partial charge is 0.356 e. The highest BCUT2D eigenvalue weighted by molar-refractivity contribution is 7.89. The zero-order valence-corrected chi connectivity index (χ0v) is 15.5. The fourth-order valence-corrected chi connectivity index (χ4v) is 4.30. The van der Waals surface area contributed by atoms with Gasteiger partial charge in [0.25, 0.3) is 5.91 Å². The summed E-state index contributed by atoms with van der Waals surface area (Å²) in [6, 6.07) is 8.27. The van der Waals surface area contributed by atoms with Crippen molar-refractivity contribution in [3.05, 3.63) is 53.3 Å². The van der Waals surface area contributed by atoms with Gasteiger partial charge in [-0.25, -0.2) is 8.42 Å². The Bertz CT molecular complexity index is 924. The average Bonchev–Trinajstić information content (AvgIpc) is 3.12. The van der Waals surface area contributed by atoms with Crippen molar-refractivity contribution >= 4 is 21.7 Å². The quantitative estimate of drug-likeness (QED) is 0.823.